The molecule has 7 heteroatoms. The van der Waals surface area contributed by atoms with Crippen molar-refractivity contribution in [1.82, 2.24) is 9.21 Å². The average molecular weight is 388 g/mol. The van der Waals surface area contributed by atoms with Gasteiger partial charge in [0.15, 0.2) is 0 Å². The van der Waals surface area contributed by atoms with Gasteiger partial charge < -0.3 is 10.6 Å². The molecule has 144 valence electrons. The molecule has 1 fully saturated rings. The predicted molar refractivity (Wildman–Crippen MR) is 105 cm³/mol. The molecule has 0 radical (unpaired) electrons. The van der Waals surface area contributed by atoms with Crippen LogP contribution in [0.2, 0.25) is 0 Å². The van der Waals surface area contributed by atoms with E-state index in [9.17, 15) is 13.2 Å². The first-order valence-corrected chi connectivity index (χ1v) is 10.7. The largest absolute Gasteiger partial charge is 0.340 e. The number of sulfonamides is 1. The molecule has 0 aliphatic carbocycles. The van der Waals surface area contributed by atoms with E-state index in [1.54, 1.807) is 4.90 Å². The highest BCUT2D eigenvalue weighted by atomic mass is 32.2. The minimum Gasteiger partial charge on any atom is -0.340 e. The van der Waals surface area contributed by atoms with Crippen molar-refractivity contribution in [3.05, 3.63) is 71.8 Å². The second kappa shape index (κ2) is 8.65. The fourth-order valence-corrected chi connectivity index (χ4v) is 4.74. The topological polar surface area (TPSA) is 83.7 Å². The number of rotatable bonds is 6. The van der Waals surface area contributed by atoms with E-state index in [1.807, 2.05) is 60.7 Å². The molecule has 1 saturated heterocycles. The minimum atomic E-state index is -3.38. The molecule has 27 heavy (non-hydrogen) atoms. The zero-order chi connectivity index (χ0) is 19.3. The van der Waals surface area contributed by atoms with Gasteiger partial charge in [-0.05, 0) is 11.1 Å². The van der Waals surface area contributed by atoms with E-state index in [-0.39, 0.29) is 24.1 Å². The molecule has 0 aromatic heterocycles. The van der Waals surface area contributed by atoms with Crippen molar-refractivity contribution in [3.63, 3.8) is 0 Å². The molecule has 1 unspecified atom stereocenters. The van der Waals surface area contributed by atoms with Crippen LogP contribution in [0.15, 0.2) is 60.7 Å². The Morgan fingerprint density at radius 1 is 0.926 bits per heavy atom. The number of carbonyl (C=O) groups is 1. The van der Waals surface area contributed by atoms with Crippen LogP contribution in [-0.4, -0.2) is 49.7 Å². The maximum Gasteiger partial charge on any atom is 0.224 e. The first-order valence-electron chi connectivity index (χ1n) is 9.06. The Bertz CT molecular complexity index is 849. The van der Waals surface area contributed by atoms with E-state index < -0.39 is 10.0 Å². The fraction of sp³-hybridized carbons (Fsp3) is 0.350. The number of nitrogens with zero attached hydrogens (tertiary/aromatic N) is 2. The summed E-state index contributed by atoms with van der Waals surface area (Å²) >= 11 is 0. The lowest BCUT2D eigenvalue weighted by Gasteiger charge is -2.34. The van der Waals surface area contributed by atoms with Gasteiger partial charge in [-0.1, -0.05) is 60.7 Å². The number of amides is 1. The van der Waals surface area contributed by atoms with Crippen LogP contribution >= 0.6 is 0 Å². The molecule has 2 aromatic carbocycles. The highest BCUT2D eigenvalue weighted by Crippen LogP contribution is 2.17. The van der Waals surface area contributed by atoms with Gasteiger partial charge in [-0.2, -0.15) is 4.31 Å². The van der Waals surface area contributed by atoms with Crippen molar-refractivity contribution in [2.24, 2.45) is 5.73 Å². The maximum absolute atomic E-state index is 12.6. The third-order valence-corrected chi connectivity index (χ3v) is 6.65. The second-order valence-electron chi connectivity index (χ2n) is 6.74. The molecule has 2 aromatic rings. The Balaban J connectivity index is 1.53. The molecule has 3 rings (SSSR count). The summed E-state index contributed by atoms with van der Waals surface area (Å²) in [5, 5.41) is 0. The van der Waals surface area contributed by atoms with Gasteiger partial charge in [0.05, 0.1) is 5.75 Å². The molecule has 0 bridgehead atoms. The van der Waals surface area contributed by atoms with Gasteiger partial charge in [-0.15, -0.1) is 0 Å². The van der Waals surface area contributed by atoms with Crippen molar-refractivity contribution < 1.29 is 13.2 Å². The first-order chi connectivity index (χ1) is 13.0. The molecule has 1 amide bonds. The van der Waals surface area contributed by atoms with Crippen molar-refractivity contribution in [1.29, 1.82) is 0 Å². The summed E-state index contributed by atoms with van der Waals surface area (Å²) in [7, 11) is -3.38. The molecule has 1 aliphatic rings. The van der Waals surface area contributed by atoms with Crippen molar-refractivity contribution >= 4 is 15.9 Å². The van der Waals surface area contributed by atoms with E-state index in [4.69, 9.17) is 5.73 Å². The van der Waals surface area contributed by atoms with E-state index >= 15 is 0 Å². The highest BCUT2D eigenvalue weighted by molar-refractivity contribution is 7.88. The Morgan fingerprint density at radius 3 is 2.07 bits per heavy atom. The van der Waals surface area contributed by atoms with E-state index in [0.717, 1.165) is 11.1 Å². The lowest BCUT2D eigenvalue weighted by Crippen LogP contribution is -2.51. The molecule has 0 saturated carbocycles. The fourth-order valence-electron chi connectivity index (χ4n) is 3.23. The van der Waals surface area contributed by atoms with Crippen LogP contribution < -0.4 is 5.73 Å². The molecule has 1 heterocycles. The molecule has 1 aliphatic heterocycles. The molecule has 6 nitrogen and oxygen atoms in total. The van der Waals surface area contributed by atoms with E-state index in [0.29, 0.717) is 26.2 Å². The zero-order valence-electron chi connectivity index (χ0n) is 15.2. The van der Waals surface area contributed by atoms with Crippen LogP contribution in [0.1, 0.15) is 23.6 Å². The Kier molecular flexibility index (Phi) is 6.26. The monoisotopic (exact) mass is 387 g/mol. The van der Waals surface area contributed by atoms with Crippen LogP contribution in [0.25, 0.3) is 0 Å². The molecular weight excluding hydrogens is 362 g/mol. The lowest BCUT2D eigenvalue weighted by molar-refractivity contribution is -0.132. The van der Waals surface area contributed by atoms with Gasteiger partial charge in [-0.25, -0.2) is 8.42 Å². The summed E-state index contributed by atoms with van der Waals surface area (Å²) in [6, 6.07) is 18.3. The average Bonchev–Trinajstić information content (AvgIpc) is 2.69. The number of benzene rings is 2. The van der Waals surface area contributed by atoms with Gasteiger partial charge in [0.1, 0.15) is 0 Å². The summed E-state index contributed by atoms with van der Waals surface area (Å²) in [6.45, 7) is 1.44. The standard InChI is InChI=1S/C20H25N3O3S/c21-19(18-9-5-2-6-10-18)15-20(24)22-11-13-23(14-12-22)27(25,26)16-17-7-3-1-4-8-17/h1-10,19H,11-16,21H2. The lowest BCUT2D eigenvalue weighted by atomic mass is 10.0. The summed E-state index contributed by atoms with van der Waals surface area (Å²) in [6.07, 6.45) is 0.223. The summed E-state index contributed by atoms with van der Waals surface area (Å²) < 4.78 is 26.7. The van der Waals surface area contributed by atoms with Gasteiger partial charge >= 0.3 is 0 Å². The van der Waals surface area contributed by atoms with Crippen LogP contribution in [0.3, 0.4) is 0 Å². The van der Waals surface area contributed by atoms with E-state index in [2.05, 4.69) is 0 Å². The number of hydrogen-bond donors (Lipinski definition) is 1. The SMILES string of the molecule is NC(CC(=O)N1CCN(S(=O)(=O)Cc2ccccc2)CC1)c1ccccc1. The smallest absolute Gasteiger partial charge is 0.224 e. The summed E-state index contributed by atoms with van der Waals surface area (Å²) in [4.78, 5) is 14.2. The molecule has 0 spiro atoms. The third kappa shape index (κ3) is 5.15. The quantitative estimate of drug-likeness (QED) is 0.818. The molecule has 1 atom stereocenters. The van der Waals surface area contributed by atoms with Crippen LogP contribution in [-0.2, 0) is 20.6 Å². The number of nitrogens with two attached hydrogens (primary N) is 1. The van der Waals surface area contributed by atoms with Crippen LogP contribution in [0, 0.1) is 0 Å². The van der Waals surface area contributed by atoms with Crippen molar-refractivity contribution in [2.45, 2.75) is 18.2 Å². The summed E-state index contributed by atoms with van der Waals surface area (Å²) in [5.41, 5.74) is 7.83. The molecule has 2 N–H and O–H groups in total. The Hall–Kier alpha value is -2.22. The van der Waals surface area contributed by atoms with Crippen molar-refractivity contribution in [2.75, 3.05) is 26.2 Å². The van der Waals surface area contributed by atoms with E-state index in [1.165, 1.54) is 4.31 Å². The normalized spacial score (nSPS) is 16.9. The summed E-state index contributed by atoms with van der Waals surface area (Å²) in [5.74, 6) is -0.0489. The van der Waals surface area contributed by atoms with Gasteiger partial charge in [0, 0.05) is 38.6 Å². The Labute approximate surface area is 160 Å². The van der Waals surface area contributed by atoms with Gasteiger partial charge in [0.25, 0.3) is 0 Å². The van der Waals surface area contributed by atoms with Crippen LogP contribution in [0.4, 0.5) is 0 Å². The predicted octanol–water partition coefficient (Wildman–Crippen LogP) is 1.75. The number of hydrogen-bond acceptors (Lipinski definition) is 4. The maximum atomic E-state index is 12.6. The second-order valence-corrected chi connectivity index (χ2v) is 8.71. The highest BCUT2D eigenvalue weighted by Gasteiger charge is 2.29. The number of carbonyl (C=O) groups excluding carboxylic acids is 1. The van der Waals surface area contributed by atoms with Gasteiger partial charge in [0.2, 0.25) is 15.9 Å². The van der Waals surface area contributed by atoms with Gasteiger partial charge in [-0.3, -0.25) is 4.79 Å². The Morgan fingerprint density at radius 2 is 1.48 bits per heavy atom. The third-order valence-electron chi connectivity index (χ3n) is 4.80. The minimum absolute atomic E-state index is 0.0132. The molecular formula is C20H25N3O3S. The first kappa shape index (κ1) is 19.5. The number of piperazine rings is 1. The zero-order valence-corrected chi connectivity index (χ0v) is 16.0. The van der Waals surface area contributed by atoms with Crippen LogP contribution in [0.5, 0.6) is 0 Å². The van der Waals surface area contributed by atoms with Crippen molar-refractivity contribution in [3.8, 4) is 0 Å².